The molecule has 2 aromatic rings. The predicted molar refractivity (Wildman–Crippen MR) is 120 cm³/mol. The highest BCUT2D eigenvalue weighted by Gasteiger charge is 2.02. The van der Waals surface area contributed by atoms with Gasteiger partial charge in [0.25, 0.3) is 0 Å². The van der Waals surface area contributed by atoms with Gasteiger partial charge in [-0.25, -0.2) is 14.4 Å². The molecule has 1 aromatic heterocycles. The van der Waals surface area contributed by atoms with E-state index in [0.29, 0.717) is 50.1 Å². The summed E-state index contributed by atoms with van der Waals surface area (Å²) < 4.78 is 24.0. The first-order chi connectivity index (χ1) is 13.2. The molecular formula is C20H28FIN4O2. The Labute approximate surface area is 183 Å². The van der Waals surface area contributed by atoms with Crippen LogP contribution >= 0.6 is 24.0 Å². The summed E-state index contributed by atoms with van der Waals surface area (Å²) in [4.78, 5) is 8.80. The molecule has 0 radical (unpaired) electrons. The molecule has 0 saturated heterocycles. The summed E-state index contributed by atoms with van der Waals surface area (Å²) in [5, 5.41) is 6.41. The molecular weight excluding hydrogens is 474 g/mol. The second-order valence-corrected chi connectivity index (χ2v) is 5.81. The number of halogens is 2. The summed E-state index contributed by atoms with van der Waals surface area (Å²) >= 11 is 0. The van der Waals surface area contributed by atoms with Crippen molar-refractivity contribution in [1.82, 2.24) is 15.6 Å². The van der Waals surface area contributed by atoms with Crippen LogP contribution in [0.2, 0.25) is 0 Å². The fourth-order valence-electron chi connectivity index (χ4n) is 2.35. The fraction of sp³-hybridized carbons (Fsp3) is 0.400. The minimum absolute atomic E-state index is 0. The molecule has 8 heteroatoms. The van der Waals surface area contributed by atoms with Crippen LogP contribution in [0, 0.1) is 5.82 Å². The standard InChI is InChI=1S/C20H27FN4O2.HI/c1-3-22-20(23-11-10-17-6-4-5-7-18(17)21)25-15-16-8-9-19(24-14-16)27-13-12-26-2;/h4-9,14H,3,10-13,15H2,1-2H3,(H2,22,23,25);1H. The summed E-state index contributed by atoms with van der Waals surface area (Å²) in [6.45, 7) is 4.82. The van der Waals surface area contributed by atoms with Crippen molar-refractivity contribution in [3.63, 3.8) is 0 Å². The van der Waals surface area contributed by atoms with Crippen molar-refractivity contribution in [3.8, 4) is 5.88 Å². The molecule has 0 aliphatic heterocycles. The molecule has 6 nitrogen and oxygen atoms in total. The van der Waals surface area contributed by atoms with Crippen LogP contribution < -0.4 is 15.4 Å². The lowest BCUT2D eigenvalue weighted by Crippen LogP contribution is -2.38. The molecule has 0 unspecified atom stereocenters. The Morgan fingerprint density at radius 3 is 2.64 bits per heavy atom. The van der Waals surface area contributed by atoms with Crippen molar-refractivity contribution < 1.29 is 13.9 Å². The van der Waals surface area contributed by atoms with Gasteiger partial charge in [0.1, 0.15) is 12.4 Å². The van der Waals surface area contributed by atoms with Gasteiger partial charge in [-0.1, -0.05) is 24.3 Å². The van der Waals surface area contributed by atoms with Crippen LogP contribution in [0.5, 0.6) is 5.88 Å². The lowest BCUT2D eigenvalue weighted by atomic mass is 10.1. The molecule has 0 aliphatic rings. The number of aliphatic imine (C=N–C) groups is 1. The van der Waals surface area contributed by atoms with Gasteiger partial charge in [0.2, 0.25) is 5.88 Å². The number of nitrogens with one attached hydrogen (secondary N) is 2. The Kier molecular flexibility index (Phi) is 12.1. The number of hydrogen-bond donors (Lipinski definition) is 2. The summed E-state index contributed by atoms with van der Waals surface area (Å²) in [6.07, 6.45) is 2.33. The Balaban J connectivity index is 0.00000392. The van der Waals surface area contributed by atoms with Crippen LogP contribution in [0.1, 0.15) is 18.1 Å². The van der Waals surface area contributed by atoms with Crippen LogP contribution in [0.4, 0.5) is 4.39 Å². The number of guanidine groups is 1. The van der Waals surface area contributed by atoms with E-state index in [4.69, 9.17) is 9.47 Å². The van der Waals surface area contributed by atoms with Gasteiger partial charge in [0, 0.05) is 32.5 Å². The molecule has 2 rings (SSSR count). The van der Waals surface area contributed by atoms with Gasteiger partial charge in [-0.15, -0.1) is 24.0 Å². The van der Waals surface area contributed by atoms with Crippen LogP contribution in [0.15, 0.2) is 47.6 Å². The molecule has 28 heavy (non-hydrogen) atoms. The van der Waals surface area contributed by atoms with Crippen LogP contribution in [-0.4, -0.2) is 44.4 Å². The van der Waals surface area contributed by atoms with Gasteiger partial charge in [-0.05, 0) is 30.5 Å². The molecule has 2 N–H and O–H groups in total. The van der Waals surface area contributed by atoms with Gasteiger partial charge in [0.05, 0.1) is 13.2 Å². The van der Waals surface area contributed by atoms with E-state index in [2.05, 4.69) is 20.6 Å². The van der Waals surface area contributed by atoms with Gasteiger partial charge in [-0.2, -0.15) is 0 Å². The first kappa shape index (κ1) is 24.1. The highest BCUT2D eigenvalue weighted by molar-refractivity contribution is 14.0. The number of hydrogen-bond acceptors (Lipinski definition) is 4. The quantitative estimate of drug-likeness (QED) is 0.226. The highest BCUT2D eigenvalue weighted by Crippen LogP contribution is 2.09. The zero-order valence-corrected chi connectivity index (χ0v) is 18.6. The number of aromatic nitrogens is 1. The van der Waals surface area contributed by atoms with E-state index in [1.54, 1.807) is 25.4 Å². The van der Waals surface area contributed by atoms with E-state index in [1.165, 1.54) is 6.07 Å². The molecule has 0 saturated carbocycles. The highest BCUT2D eigenvalue weighted by atomic mass is 127. The third kappa shape index (κ3) is 8.83. The number of methoxy groups -OCH3 is 1. The number of pyridine rings is 1. The van der Waals surface area contributed by atoms with Crippen LogP contribution in [-0.2, 0) is 17.7 Å². The fourth-order valence-corrected chi connectivity index (χ4v) is 2.35. The maximum absolute atomic E-state index is 13.7. The molecule has 154 valence electrons. The molecule has 1 heterocycles. The summed E-state index contributed by atoms with van der Waals surface area (Å²) in [6, 6.07) is 10.6. The summed E-state index contributed by atoms with van der Waals surface area (Å²) in [5.74, 6) is 1.07. The van der Waals surface area contributed by atoms with Gasteiger partial charge >= 0.3 is 0 Å². The molecule has 0 aliphatic carbocycles. The van der Waals surface area contributed by atoms with Crippen molar-refractivity contribution in [2.75, 3.05) is 33.4 Å². The van der Waals surface area contributed by atoms with E-state index in [9.17, 15) is 4.39 Å². The Morgan fingerprint density at radius 2 is 1.96 bits per heavy atom. The number of rotatable bonds is 10. The number of nitrogens with zero attached hydrogens (tertiary/aromatic N) is 2. The van der Waals surface area contributed by atoms with E-state index < -0.39 is 0 Å². The lowest BCUT2D eigenvalue weighted by molar-refractivity contribution is 0.143. The van der Waals surface area contributed by atoms with E-state index in [1.807, 2.05) is 25.1 Å². The number of ether oxygens (including phenoxy) is 2. The minimum Gasteiger partial charge on any atom is -0.475 e. The van der Waals surface area contributed by atoms with Gasteiger partial charge in [0.15, 0.2) is 5.96 Å². The van der Waals surface area contributed by atoms with Crippen molar-refractivity contribution >= 4 is 29.9 Å². The Hall–Kier alpha value is -1.94. The van der Waals surface area contributed by atoms with Gasteiger partial charge in [-0.3, -0.25) is 0 Å². The molecule has 0 spiro atoms. The topological polar surface area (TPSA) is 67.8 Å². The average Bonchev–Trinajstić information content (AvgIpc) is 2.69. The van der Waals surface area contributed by atoms with Crippen molar-refractivity contribution in [2.45, 2.75) is 19.9 Å². The monoisotopic (exact) mass is 502 g/mol. The summed E-state index contributed by atoms with van der Waals surface area (Å²) in [7, 11) is 1.63. The Morgan fingerprint density at radius 1 is 1.14 bits per heavy atom. The lowest BCUT2D eigenvalue weighted by Gasteiger charge is -2.11. The first-order valence-electron chi connectivity index (χ1n) is 9.05. The summed E-state index contributed by atoms with van der Waals surface area (Å²) in [5.41, 5.74) is 1.66. The smallest absolute Gasteiger partial charge is 0.213 e. The van der Waals surface area contributed by atoms with Crippen LogP contribution in [0.25, 0.3) is 0 Å². The van der Waals surface area contributed by atoms with E-state index >= 15 is 0 Å². The van der Waals surface area contributed by atoms with Gasteiger partial charge < -0.3 is 20.1 Å². The molecule has 0 atom stereocenters. The normalized spacial score (nSPS) is 10.9. The zero-order chi connectivity index (χ0) is 19.3. The van der Waals surface area contributed by atoms with Crippen molar-refractivity contribution in [1.29, 1.82) is 0 Å². The second-order valence-electron chi connectivity index (χ2n) is 5.81. The SMILES string of the molecule is CCNC(=NCc1ccc(OCCOC)nc1)NCCc1ccccc1F.I. The molecule has 1 aromatic carbocycles. The second kappa shape index (κ2) is 14.1. The third-order valence-electron chi connectivity index (χ3n) is 3.74. The molecule has 0 amide bonds. The predicted octanol–water partition coefficient (Wildman–Crippen LogP) is 3.16. The van der Waals surface area contributed by atoms with Crippen molar-refractivity contribution in [3.05, 3.63) is 59.5 Å². The van der Waals surface area contributed by atoms with Crippen molar-refractivity contribution in [2.24, 2.45) is 4.99 Å². The Bertz CT molecular complexity index is 714. The largest absolute Gasteiger partial charge is 0.475 e. The van der Waals surface area contributed by atoms with Crippen LogP contribution in [0.3, 0.4) is 0 Å². The third-order valence-corrected chi connectivity index (χ3v) is 3.74. The number of benzene rings is 1. The van der Waals surface area contributed by atoms with E-state index in [-0.39, 0.29) is 29.8 Å². The average molecular weight is 502 g/mol. The zero-order valence-electron chi connectivity index (χ0n) is 16.3. The molecule has 0 bridgehead atoms. The molecule has 0 fully saturated rings. The maximum atomic E-state index is 13.7. The van der Waals surface area contributed by atoms with E-state index in [0.717, 1.165) is 12.1 Å². The maximum Gasteiger partial charge on any atom is 0.213 e. The minimum atomic E-state index is -0.180. The first-order valence-corrected chi connectivity index (χ1v) is 9.05.